The van der Waals surface area contributed by atoms with Gasteiger partial charge >= 0.3 is 0 Å². The number of hydrogen-bond donors (Lipinski definition) is 1. The van der Waals surface area contributed by atoms with E-state index in [-0.39, 0.29) is 11.2 Å². The van der Waals surface area contributed by atoms with Gasteiger partial charge in [-0.2, -0.15) is 11.8 Å². The molecular formula is C16H21N3OS. The molecular weight excluding hydrogens is 282 g/mol. The lowest BCUT2D eigenvalue weighted by molar-refractivity contribution is -0.131. The van der Waals surface area contributed by atoms with Gasteiger partial charge in [0.1, 0.15) is 5.82 Å². The molecule has 1 aromatic heterocycles. The fraction of sp³-hybridized carbons (Fsp3) is 0.500. The molecule has 5 heteroatoms. The maximum atomic E-state index is 12.2. The van der Waals surface area contributed by atoms with Crippen LogP contribution in [0, 0.1) is 0 Å². The molecule has 1 aromatic carbocycles. The number of thioether (sulfide) groups is 1. The van der Waals surface area contributed by atoms with Crippen LogP contribution in [0.5, 0.6) is 0 Å². The fourth-order valence-electron chi connectivity index (χ4n) is 2.90. The Morgan fingerprint density at radius 3 is 2.76 bits per heavy atom. The van der Waals surface area contributed by atoms with Crippen LogP contribution in [-0.2, 0) is 4.79 Å². The summed E-state index contributed by atoms with van der Waals surface area (Å²) in [5, 5.41) is 0.0627. The van der Waals surface area contributed by atoms with E-state index < -0.39 is 0 Å². The second-order valence-electron chi connectivity index (χ2n) is 5.62. The van der Waals surface area contributed by atoms with Gasteiger partial charge in [-0.15, -0.1) is 0 Å². The van der Waals surface area contributed by atoms with Crippen molar-refractivity contribution in [2.75, 3.05) is 19.3 Å². The molecule has 0 aliphatic carbocycles. The number of piperidine rings is 1. The molecule has 1 fully saturated rings. The summed E-state index contributed by atoms with van der Waals surface area (Å²) in [4.78, 5) is 22.3. The standard InChI is InChI=1S/C16H21N3OS/c1-11(21-2)16(20)19-9-7-12(8-10-19)15-17-13-5-3-4-6-14(13)18-15/h3-6,11-12H,7-10H2,1-2H3,(H,17,18)/t11-/m0/s1. The molecule has 1 N–H and O–H groups in total. The number of para-hydroxylation sites is 2. The van der Waals surface area contributed by atoms with Crippen LogP contribution >= 0.6 is 11.8 Å². The zero-order valence-electron chi connectivity index (χ0n) is 12.5. The lowest BCUT2D eigenvalue weighted by atomic mass is 9.96. The molecule has 21 heavy (non-hydrogen) atoms. The Balaban J connectivity index is 1.67. The molecule has 3 rings (SSSR count). The van der Waals surface area contributed by atoms with Crippen molar-refractivity contribution in [1.29, 1.82) is 0 Å². The predicted molar refractivity (Wildman–Crippen MR) is 87.6 cm³/mol. The first-order valence-electron chi connectivity index (χ1n) is 7.45. The third kappa shape index (κ3) is 2.93. The number of imidazole rings is 1. The molecule has 0 saturated carbocycles. The van der Waals surface area contributed by atoms with Crippen molar-refractivity contribution in [2.24, 2.45) is 0 Å². The highest BCUT2D eigenvalue weighted by molar-refractivity contribution is 7.99. The average Bonchev–Trinajstić information content (AvgIpc) is 2.97. The van der Waals surface area contributed by atoms with Gasteiger partial charge in [-0.05, 0) is 38.2 Å². The monoisotopic (exact) mass is 303 g/mol. The highest BCUT2D eigenvalue weighted by Crippen LogP contribution is 2.28. The lowest BCUT2D eigenvalue weighted by Gasteiger charge is -2.32. The zero-order valence-corrected chi connectivity index (χ0v) is 13.3. The van der Waals surface area contributed by atoms with Gasteiger partial charge in [0.2, 0.25) is 5.91 Å². The Hall–Kier alpha value is -1.49. The van der Waals surface area contributed by atoms with Gasteiger partial charge in [0, 0.05) is 19.0 Å². The van der Waals surface area contributed by atoms with Crippen LogP contribution in [0.3, 0.4) is 0 Å². The van der Waals surface area contributed by atoms with Crippen LogP contribution in [0.25, 0.3) is 11.0 Å². The van der Waals surface area contributed by atoms with E-state index in [0.29, 0.717) is 5.92 Å². The molecule has 2 aromatic rings. The average molecular weight is 303 g/mol. The van der Waals surface area contributed by atoms with Gasteiger partial charge in [-0.25, -0.2) is 4.98 Å². The molecule has 1 amide bonds. The minimum Gasteiger partial charge on any atom is -0.342 e. The maximum absolute atomic E-state index is 12.2. The quantitative estimate of drug-likeness (QED) is 0.948. The van der Waals surface area contributed by atoms with Crippen LogP contribution in [0.2, 0.25) is 0 Å². The van der Waals surface area contributed by atoms with Crippen LogP contribution < -0.4 is 0 Å². The Kier molecular flexibility index (Phi) is 4.19. The van der Waals surface area contributed by atoms with Crippen LogP contribution in [-0.4, -0.2) is 45.4 Å². The largest absolute Gasteiger partial charge is 0.342 e. The number of rotatable bonds is 3. The van der Waals surface area contributed by atoms with Gasteiger partial charge in [0.05, 0.1) is 16.3 Å². The number of H-pyrrole nitrogens is 1. The van der Waals surface area contributed by atoms with Gasteiger partial charge in [-0.1, -0.05) is 12.1 Å². The number of amides is 1. The Morgan fingerprint density at radius 2 is 2.10 bits per heavy atom. The second kappa shape index (κ2) is 6.10. The maximum Gasteiger partial charge on any atom is 0.235 e. The highest BCUT2D eigenvalue weighted by Gasteiger charge is 2.27. The molecule has 0 spiro atoms. The number of nitrogens with zero attached hydrogens (tertiary/aromatic N) is 2. The lowest BCUT2D eigenvalue weighted by Crippen LogP contribution is -2.41. The number of carbonyl (C=O) groups is 1. The molecule has 4 nitrogen and oxygen atoms in total. The summed E-state index contributed by atoms with van der Waals surface area (Å²) in [7, 11) is 0. The summed E-state index contributed by atoms with van der Waals surface area (Å²) >= 11 is 1.62. The second-order valence-corrected chi connectivity index (χ2v) is 6.80. The normalized spacial score (nSPS) is 18.1. The molecule has 1 aliphatic heterocycles. The summed E-state index contributed by atoms with van der Waals surface area (Å²) in [6.45, 7) is 3.66. The fourth-order valence-corrected chi connectivity index (χ4v) is 3.25. The van der Waals surface area contributed by atoms with Crippen molar-refractivity contribution < 1.29 is 4.79 Å². The van der Waals surface area contributed by atoms with Crippen molar-refractivity contribution in [2.45, 2.75) is 30.9 Å². The number of likely N-dealkylation sites (tertiary alicyclic amines) is 1. The van der Waals surface area contributed by atoms with E-state index in [1.54, 1.807) is 11.8 Å². The molecule has 0 unspecified atom stereocenters. The van der Waals surface area contributed by atoms with Crippen molar-refractivity contribution in [3.63, 3.8) is 0 Å². The number of aromatic amines is 1. The highest BCUT2D eigenvalue weighted by atomic mass is 32.2. The molecule has 112 valence electrons. The molecule has 1 atom stereocenters. The predicted octanol–water partition coefficient (Wildman–Crippen LogP) is 3.02. The number of carbonyl (C=O) groups excluding carboxylic acids is 1. The van der Waals surface area contributed by atoms with Gasteiger partial charge in [-0.3, -0.25) is 4.79 Å². The van der Waals surface area contributed by atoms with E-state index in [1.807, 2.05) is 36.3 Å². The Morgan fingerprint density at radius 1 is 1.38 bits per heavy atom. The number of hydrogen-bond acceptors (Lipinski definition) is 3. The number of benzene rings is 1. The van der Waals surface area contributed by atoms with Crippen LogP contribution in [0.15, 0.2) is 24.3 Å². The van der Waals surface area contributed by atoms with E-state index in [4.69, 9.17) is 4.98 Å². The van der Waals surface area contributed by atoms with Crippen molar-refractivity contribution in [3.05, 3.63) is 30.1 Å². The van der Waals surface area contributed by atoms with E-state index in [2.05, 4.69) is 11.1 Å². The first-order chi connectivity index (χ1) is 10.2. The van der Waals surface area contributed by atoms with E-state index >= 15 is 0 Å². The van der Waals surface area contributed by atoms with Crippen molar-refractivity contribution >= 4 is 28.7 Å². The summed E-state index contributed by atoms with van der Waals surface area (Å²) < 4.78 is 0. The third-order valence-electron chi connectivity index (χ3n) is 4.30. The van der Waals surface area contributed by atoms with Gasteiger partial charge in [0.15, 0.2) is 0 Å². The van der Waals surface area contributed by atoms with Crippen molar-refractivity contribution in [3.8, 4) is 0 Å². The third-order valence-corrected chi connectivity index (χ3v) is 5.21. The van der Waals surface area contributed by atoms with Gasteiger partial charge in [0.25, 0.3) is 0 Å². The van der Waals surface area contributed by atoms with Gasteiger partial charge < -0.3 is 9.88 Å². The van der Waals surface area contributed by atoms with Crippen molar-refractivity contribution in [1.82, 2.24) is 14.9 Å². The smallest absolute Gasteiger partial charge is 0.235 e. The minimum absolute atomic E-state index is 0.0627. The molecule has 0 bridgehead atoms. The first-order valence-corrected chi connectivity index (χ1v) is 8.74. The Bertz CT molecular complexity index is 598. The summed E-state index contributed by atoms with van der Waals surface area (Å²) in [5.41, 5.74) is 2.13. The topological polar surface area (TPSA) is 49.0 Å². The summed E-state index contributed by atoms with van der Waals surface area (Å²) in [5.74, 6) is 1.78. The first kappa shape index (κ1) is 14.4. The van der Waals surface area contributed by atoms with E-state index in [9.17, 15) is 4.79 Å². The molecule has 1 saturated heterocycles. The molecule has 2 heterocycles. The number of aromatic nitrogens is 2. The minimum atomic E-state index is 0.0627. The number of fused-ring (bicyclic) bond motifs is 1. The summed E-state index contributed by atoms with van der Waals surface area (Å²) in [6, 6.07) is 8.13. The van der Waals surface area contributed by atoms with Crippen LogP contribution in [0.4, 0.5) is 0 Å². The molecule has 0 radical (unpaired) electrons. The zero-order chi connectivity index (χ0) is 14.8. The van der Waals surface area contributed by atoms with E-state index in [1.165, 1.54) is 0 Å². The SMILES string of the molecule is CS[C@@H](C)C(=O)N1CCC(c2nc3ccccc3[nH]2)CC1. The summed E-state index contributed by atoms with van der Waals surface area (Å²) in [6.07, 6.45) is 3.98. The van der Waals surface area contributed by atoms with Crippen LogP contribution in [0.1, 0.15) is 31.5 Å². The van der Waals surface area contributed by atoms with E-state index in [0.717, 1.165) is 42.8 Å². The number of nitrogens with one attached hydrogen (secondary N) is 1. The Labute approximate surface area is 129 Å². The molecule has 1 aliphatic rings.